The van der Waals surface area contributed by atoms with E-state index >= 15 is 0 Å². The van der Waals surface area contributed by atoms with Crippen LogP contribution in [0.5, 0.6) is 0 Å². The van der Waals surface area contributed by atoms with E-state index in [9.17, 15) is 4.39 Å². The third-order valence-electron chi connectivity index (χ3n) is 4.04. The predicted molar refractivity (Wildman–Crippen MR) is 83.6 cm³/mol. The molecule has 114 valence electrons. The largest absolute Gasteiger partial charge is 0.372 e. The molecule has 5 nitrogen and oxygen atoms in total. The van der Waals surface area contributed by atoms with Crippen molar-refractivity contribution in [3.05, 3.63) is 30.3 Å². The molecule has 2 aromatic heterocycles. The topological polar surface area (TPSA) is 54.0 Å². The molecule has 1 fully saturated rings. The van der Waals surface area contributed by atoms with Crippen molar-refractivity contribution < 1.29 is 9.13 Å². The van der Waals surface area contributed by atoms with Crippen LogP contribution in [0.15, 0.2) is 24.5 Å². The summed E-state index contributed by atoms with van der Waals surface area (Å²) in [7, 11) is 0. The van der Waals surface area contributed by atoms with Gasteiger partial charge in [-0.3, -0.25) is 0 Å². The first-order chi connectivity index (χ1) is 10.6. The molecule has 1 saturated heterocycles. The molecular weight excluding hydrogens is 283 g/mol. The van der Waals surface area contributed by atoms with Crippen LogP contribution in [0.2, 0.25) is 0 Å². The number of nitrogens with one attached hydrogen (secondary N) is 1. The zero-order valence-electron chi connectivity index (χ0n) is 12.5. The number of rotatable bonds is 1. The summed E-state index contributed by atoms with van der Waals surface area (Å²) in [6, 6.07) is 4.69. The third-order valence-corrected chi connectivity index (χ3v) is 4.04. The van der Waals surface area contributed by atoms with Gasteiger partial charge in [0.1, 0.15) is 23.2 Å². The van der Waals surface area contributed by atoms with E-state index in [1.165, 1.54) is 12.1 Å². The van der Waals surface area contributed by atoms with Crippen molar-refractivity contribution in [3.8, 4) is 0 Å². The Morgan fingerprint density at radius 1 is 1.23 bits per heavy atom. The van der Waals surface area contributed by atoms with E-state index < -0.39 is 0 Å². The van der Waals surface area contributed by atoms with Gasteiger partial charge in [0.25, 0.3) is 0 Å². The summed E-state index contributed by atoms with van der Waals surface area (Å²) < 4.78 is 19.3. The molecule has 0 spiro atoms. The SMILES string of the molecule is C[C@H]1CN(c2ncnc3c2[nH]c2ccc(F)cc23)C[C@H](C)O1. The molecule has 1 aliphatic rings. The molecule has 22 heavy (non-hydrogen) atoms. The molecule has 4 rings (SSSR count). The molecule has 0 radical (unpaired) electrons. The Morgan fingerprint density at radius 3 is 2.77 bits per heavy atom. The first-order valence-corrected chi connectivity index (χ1v) is 7.44. The molecule has 0 aliphatic carbocycles. The zero-order chi connectivity index (χ0) is 15.3. The first-order valence-electron chi connectivity index (χ1n) is 7.44. The Balaban J connectivity index is 1.89. The normalized spacial score (nSPS) is 22.6. The summed E-state index contributed by atoms with van der Waals surface area (Å²) in [5, 5.41) is 0.785. The lowest BCUT2D eigenvalue weighted by molar-refractivity contribution is -0.00537. The van der Waals surface area contributed by atoms with E-state index in [4.69, 9.17) is 4.74 Å². The van der Waals surface area contributed by atoms with E-state index in [0.717, 1.165) is 40.8 Å². The van der Waals surface area contributed by atoms with Crippen LogP contribution in [0.4, 0.5) is 10.2 Å². The van der Waals surface area contributed by atoms with E-state index in [-0.39, 0.29) is 18.0 Å². The van der Waals surface area contributed by atoms with Gasteiger partial charge in [-0.25, -0.2) is 14.4 Å². The minimum atomic E-state index is -0.262. The zero-order valence-corrected chi connectivity index (χ0v) is 12.5. The molecule has 0 bridgehead atoms. The fourth-order valence-corrected chi connectivity index (χ4v) is 3.24. The molecule has 3 aromatic rings. The number of benzene rings is 1. The Bertz CT molecular complexity index is 837. The third kappa shape index (κ3) is 2.11. The van der Waals surface area contributed by atoms with Gasteiger partial charge in [-0.15, -0.1) is 0 Å². The van der Waals surface area contributed by atoms with Gasteiger partial charge in [0.15, 0.2) is 5.82 Å². The standard InChI is InChI=1S/C16H17FN4O/c1-9-6-21(7-10(2)22-9)16-15-14(18-8-19-16)12-5-11(17)3-4-13(12)20-15/h3-5,8-10,20H,6-7H2,1-2H3/t9-,10-/m0/s1. The summed E-state index contributed by atoms with van der Waals surface area (Å²) in [5.74, 6) is 0.589. The fourth-order valence-electron chi connectivity index (χ4n) is 3.24. The molecule has 0 unspecified atom stereocenters. The lowest BCUT2D eigenvalue weighted by Gasteiger charge is -2.36. The lowest BCUT2D eigenvalue weighted by atomic mass is 10.2. The van der Waals surface area contributed by atoms with Crippen LogP contribution < -0.4 is 4.90 Å². The Hall–Kier alpha value is -2.21. The Morgan fingerprint density at radius 2 is 2.00 bits per heavy atom. The number of hydrogen-bond acceptors (Lipinski definition) is 4. The summed E-state index contributed by atoms with van der Waals surface area (Å²) in [6.45, 7) is 5.67. The molecule has 6 heteroatoms. The van der Waals surface area contributed by atoms with Crippen LogP contribution in [0.3, 0.4) is 0 Å². The maximum absolute atomic E-state index is 13.5. The number of anilines is 1. The van der Waals surface area contributed by atoms with Gasteiger partial charge >= 0.3 is 0 Å². The minimum Gasteiger partial charge on any atom is -0.372 e. The van der Waals surface area contributed by atoms with Crippen LogP contribution in [0.1, 0.15) is 13.8 Å². The Labute approximate surface area is 127 Å². The van der Waals surface area contributed by atoms with Gasteiger partial charge in [-0.05, 0) is 32.0 Å². The van der Waals surface area contributed by atoms with Crippen LogP contribution in [0.25, 0.3) is 21.9 Å². The number of nitrogens with zero attached hydrogens (tertiary/aromatic N) is 3. The lowest BCUT2D eigenvalue weighted by Crippen LogP contribution is -2.46. The number of hydrogen-bond donors (Lipinski definition) is 1. The highest BCUT2D eigenvalue weighted by Gasteiger charge is 2.25. The summed E-state index contributed by atoms with van der Waals surface area (Å²) >= 11 is 0. The van der Waals surface area contributed by atoms with Gasteiger partial charge in [0.05, 0.1) is 12.2 Å². The minimum absolute atomic E-state index is 0.149. The van der Waals surface area contributed by atoms with Gasteiger partial charge in [0, 0.05) is 24.0 Å². The number of fused-ring (bicyclic) bond motifs is 3. The van der Waals surface area contributed by atoms with Crippen molar-refractivity contribution in [2.45, 2.75) is 26.1 Å². The summed E-state index contributed by atoms with van der Waals surface area (Å²) in [5.41, 5.74) is 2.48. The average Bonchev–Trinajstić information content (AvgIpc) is 2.84. The molecule has 1 aliphatic heterocycles. The molecule has 1 N–H and O–H groups in total. The number of H-pyrrole nitrogens is 1. The monoisotopic (exact) mass is 300 g/mol. The van der Waals surface area contributed by atoms with Gasteiger partial charge in [0.2, 0.25) is 0 Å². The summed E-state index contributed by atoms with van der Waals surface area (Å²) in [6.07, 6.45) is 1.84. The highest BCUT2D eigenvalue weighted by atomic mass is 19.1. The van der Waals surface area contributed by atoms with Crippen LogP contribution >= 0.6 is 0 Å². The highest BCUT2D eigenvalue weighted by molar-refractivity contribution is 6.08. The number of aromatic nitrogens is 3. The number of aromatic amines is 1. The molecular formula is C16H17FN4O. The van der Waals surface area contributed by atoms with E-state index in [1.54, 1.807) is 12.4 Å². The predicted octanol–water partition coefficient (Wildman–Crippen LogP) is 2.86. The molecule has 0 saturated carbocycles. The second-order valence-corrected chi connectivity index (χ2v) is 5.90. The van der Waals surface area contributed by atoms with E-state index in [0.29, 0.717) is 0 Å². The first kappa shape index (κ1) is 13.5. The number of halogens is 1. The molecule has 3 heterocycles. The molecule has 1 aromatic carbocycles. The second-order valence-electron chi connectivity index (χ2n) is 5.90. The Kier molecular flexibility index (Phi) is 3.00. The summed E-state index contributed by atoms with van der Waals surface area (Å²) in [4.78, 5) is 14.3. The quantitative estimate of drug-likeness (QED) is 0.751. The average molecular weight is 300 g/mol. The maximum atomic E-state index is 13.5. The fraction of sp³-hybridized carbons (Fsp3) is 0.375. The van der Waals surface area contributed by atoms with Gasteiger partial charge in [-0.2, -0.15) is 0 Å². The van der Waals surface area contributed by atoms with Crippen LogP contribution in [-0.2, 0) is 4.74 Å². The van der Waals surface area contributed by atoms with Crippen molar-refractivity contribution in [2.75, 3.05) is 18.0 Å². The highest BCUT2D eigenvalue weighted by Crippen LogP contribution is 2.30. The van der Waals surface area contributed by atoms with Crippen molar-refractivity contribution in [1.82, 2.24) is 15.0 Å². The van der Waals surface area contributed by atoms with Crippen molar-refractivity contribution >= 4 is 27.8 Å². The van der Waals surface area contributed by atoms with Crippen LogP contribution in [0, 0.1) is 5.82 Å². The van der Waals surface area contributed by atoms with E-state index in [2.05, 4.69) is 33.7 Å². The van der Waals surface area contributed by atoms with Crippen LogP contribution in [-0.4, -0.2) is 40.2 Å². The number of ether oxygens (including phenoxy) is 1. The maximum Gasteiger partial charge on any atom is 0.156 e. The molecule has 2 atom stereocenters. The van der Waals surface area contributed by atoms with Crippen molar-refractivity contribution in [1.29, 1.82) is 0 Å². The molecule has 0 amide bonds. The van der Waals surface area contributed by atoms with Gasteiger partial charge < -0.3 is 14.6 Å². The van der Waals surface area contributed by atoms with E-state index in [1.807, 2.05) is 0 Å². The van der Waals surface area contributed by atoms with Crippen molar-refractivity contribution in [2.24, 2.45) is 0 Å². The number of morpholine rings is 1. The van der Waals surface area contributed by atoms with Crippen molar-refractivity contribution in [3.63, 3.8) is 0 Å². The second kappa shape index (κ2) is 4.91. The van der Waals surface area contributed by atoms with Gasteiger partial charge in [-0.1, -0.05) is 0 Å². The smallest absolute Gasteiger partial charge is 0.156 e.